The van der Waals surface area contributed by atoms with E-state index in [4.69, 9.17) is 9.84 Å². The van der Waals surface area contributed by atoms with Crippen molar-refractivity contribution in [1.82, 2.24) is 5.32 Å². The zero-order chi connectivity index (χ0) is 12.1. The van der Waals surface area contributed by atoms with Gasteiger partial charge in [0.2, 0.25) is 5.91 Å². The second-order valence-corrected chi connectivity index (χ2v) is 3.90. The van der Waals surface area contributed by atoms with Crippen LogP contribution in [0.1, 0.15) is 34.1 Å². The predicted molar refractivity (Wildman–Crippen MR) is 55.6 cm³/mol. The van der Waals surface area contributed by atoms with Crippen LogP contribution in [0.2, 0.25) is 0 Å². The first-order chi connectivity index (χ1) is 6.81. The molecule has 0 aliphatic heterocycles. The largest absolute Gasteiger partial charge is 0.480 e. The molecule has 0 bridgehead atoms. The van der Waals surface area contributed by atoms with E-state index >= 15 is 0 Å². The fourth-order valence-electron chi connectivity index (χ4n) is 0.879. The monoisotopic (exact) mass is 217 g/mol. The second kappa shape index (κ2) is 5.70. The van der Waals surface area contributed by atoms with Gasteiger partial charge in [-0.3, -0.25) is 4.79 Å². The molecule has 0 fully saturated rings. The fraction of sp³-hybridized carbons (Fsp3) is 0.800. The second-order valence-electron chi connectivity index (χ2n) is 3.90. The van der Waals surface area contributed by atoms with E-state index in [0.717, 1.165) is 0 Å². The minimum atomic E-state index is -1.21. The number of nitrogens with one attached hydrogen (secondary N) is 1. The summed E-state index contributed by atoms with van der Waals surface area (Å²) in [4.78, 5) is 22.2. The van der Waals surface area contributed by atoms with Crippen LogP contribution in [0, 0.1) is 0 Å². The number of carbonyl (C=O) groups is 2. The highest BCUT2D eigenvalue weighted by molar-refractivity contribution is 5.87. The van der Waals surface area contributed by atoms with Gasteiger partial charge in [0.25, 0.3) is 0 Å². The third kappa shape index (κ3) is 4.78. The maximum atomic E-state index is 11.3. The summed E-state index contributed by atoms with van der Waals surface area (Å²) in [6.45, 7) is 6.69. The first kappa shape index (κ1) is 13.9. The van der Waals surface area contributed by atoms with Crippen LogP contribution in [0.25, 0.3) is 0 Å². The minimum absolute atomic E-state index is 0.0477. The summed E-state index contributed by atoms with van der Waals surface area (Å²) in [6, 6.07) is 0. The van der Waals surface area contributed by atoms with Gasteiger partial charge in [-0.25, -0.2) is 4.79 Å². The maximum absolute atomic E-state index is 11.3. The van der Waals surface area contributed by atoms with E-state index in [1.807, 2.05) is 13.8 Å². The Hall–Kier alpha value is -1.10. The molecule has 1 atom stereocenters. The lowest BCUT2D eigenvalue weighted by atomic mass is 9.99. The first-order valence-electron chi connectivity index (χ1n) is 4.98. The Kier molecular flexibility index (Phi) is 5.28. The molecule has 5 nitrogen and oxygen atoms in total. The fourth-order valence-corrected chi connectivity index (χ4v) is 0.879. The van der Waals surface area contributed by atoms with Crippen LogP contribution in [0.5, 0.6) is 0 Å². The van der Waals surface area contributed by atoms with Gasteiger partial charge in [-0.1, -0.05) is 6.92 Å². The van der Waals surface area contributed by atoms with Gasteiger partial charge < -0.3 is 15.2 Å². The minimum Gasteiger partial charge on any atom is -0.480 e. The highest BCUT2D eigenvalue weighted by Gasteiger charge is 2.32. The summed E-state index contributed by atoms with van der Waals surface area (Å²) >= 11 is 0. The van der Waals surface area contributed by atoms with E-state index in [1.54, 1.807) is 6.92 Å². The number of aliphatic carboxylic acids is 1. The molecule has 1 amide bonds. The van der Waals surface area contributed by atoms with Gasteiger partial charge in [-0.2, -0.15) is 0 Å². The van der Waals surface area contributed by atoms with E-state index in [2.05, 4.69) is 5.32 Å². The summed E-state index contributed by atoms with van der Waals surface area (Å²) in [5.41, 5.74) is -1.21. The molecule has 0 aromatic carbocycles. The lowest BCUT2D eigenvalue weighted by molar-refractivity contribution is -0.148. The maximum Gasteiger partial charge on any atom is 0.329 e. The lowest BCUT2D eigenvalue weighted by Crippen LogP contribution is -2.52. The molecule has 0 heterocycles. The third-order valence-electron chi connectivity index (χ3n) is 2.14. The highest BCUT2D eigenvalue weighted by atomic mass is 16.5. The van der Waals surface area contributed by atoms with Gasteiger partial charge in [0, 0.05) is 0 Å². The average molecular weight is 217 g/mol. The van der Waals surface area contributed by atoms with E-state index in [9.17, 15) is 9.59 Å². The smallest absolute Gasteiger partial charge is 0.329 e. The Morgan fingerprint density at radius 3 is 2.33 bits per heavy atom. The molecule has 0 saturated carbocycles. The van der Waals surface area contributed by atoms with Gasteiger partial charge in [0.05, 0.1) is 6.10 Å². The Morgan fingerprint density at radius 1 is 1.47 bits per heavy atom. The molecule has 0 rings (SSSR count). The molecule has 0 saturated heterocycles. The number of ether oxygens (including phenoxy) is 1. The molecule has 1 unspecified atom stereocenters. The molecule has 5 heteroatoms. The number of hydrogen-bond donors (Lipinski definition) is 2. The summed E-state index contributed by atoms with van der Waals surface area (Å²) in [5.74, 6) is -1.45. The van der Waals surface area contributed by atoms with Crippen LogP contribution in [-0.2, 0) is 14.3 Å². The molecule has 0 aliphatic carbocycles. The molecule has 2 N–H and O–H groups in total. The number of carboxylic acid groups (broad SMARTS) is 1. The van der Waals surface area contributed by atoms with E-state index in [-0.39, 0.29) is 12.7 Å². The summed E-state index contributed by atoms with van der Waals surface area (Å²) < 4.78 is 5.07. The quantitative estimate of drug-likeness (QED) is 0.689. The highest BCUT2D eigenvalue weighted by Crippen LogP contribution is 2.08. The zero-order valence-corrected chi connectivity index (χ0v) is 9.66. The molecule has 15 heavy (non-hydrogen) atoms. The van der Waals surface area contributed by atoms with Crippen molar-refractivity contribution in [2.75, 3.05) is 6.61 Å². The van der Waals surface area contributed by atoms with Gasteiger partial charge >= 0.3 is 5.97 Å². The van der Waals surface area contributed by atoms with E-state index in [1.165, 1.54) is 6.92 Å². The van der Waals surface area contributed by atoms with Crippen molar-refractivity contribution >= 4 is 11.9 Å². The SMILES string of the molecule is CCC(C)(NC(=O)COC(C)C)C(=O)O. The molecule has 0 aromatic rings. The van der Waals surface area contributed by atoms with Crippen LogP contribution < -0.4 is 5.32 Å². The van der Waals surface area contributed by atoms with Crippen LogP contribution in [0.15, 0.2) is 0 Å². The van der Waals surface area contributed by atoms with Crippen molar-refractivity contribution in [3.8, 4) is 0 Å². The molecule has 88 valence electrons. The van der Waals surface area contributed by atoms with Crippen LogP contribution >= 0.6 is 0 Å². The summed E-state index contributed by atoms with van der Waals surface area (Å²) in [5, 5.41) is 11.3. The first-order valence-corrected chi connectivity index (χ1v) is 4.98. The van der Waals surface area contributed by atoms with Crippen molar-refractivity contribution in [3.05, 3.63) is 0 Å². The molecule has 0 radical (unpaired) electrons. The Morgan fingerprint density at radius 2 is 2.00 bits per heavy atom. The van der Waals surface area contributed by atoms with Gasteiger partial charge in [-0.15, -0.1) is 0 Å². The topological polar surface area (TPSA) is 75.6 Å². The predicted octanol–water partition coefficient (Wildman–Crippen LogP) is 0.781. The van der Waals surface area contributed by atoms with Crippen molar-refractivity contribution < 1.29 is 19.4 Å². The number of amides is 1. The standard InChI is InChI=1S/C10H19NO4/c1-5-10(4,9(13)14)11-8(12)6-15-7(2)3/h7H,5-6H2,1-4H3,(H,11,12)(H,13,14). The number of carbonyl (C=O) groups excluding carboxylic acids is 1. The lowest BCUT2D eigenvalue weighted by Gasteiger charge is -2.24. The molecule has 0 aromatic heterocycles. The molecular weight excluding hydrogens is 198 g/mol. The van der Waals surface area contributed by atoms with Crippen molar-refractivity contribution in [3.63, 3.8) is 0 Å². The Labute approximate surface area is 89.8 Å². The Balaban J connectivity index is 4.19. The number of rotatable bonds is 6. The Bertz CT molecular complexity index is 240. The average Bonchev–Trinajstić information content (AvgIpc) is 2.14. The van der Waals surface area contributed by atoms with Gasteiger partial charge in [0.15, 0.2) is 0 Å². The van der Waals surface area contributed by atoms with Crippen molar-refractivity contribution in [2.45, 2.75) is 45.8 Å². The molecular formula is C10H19NO4. The van der Waals surface area contributed by atoms with Crippen molar-refractivity contribution in [1.29, 1.82) is 0 Å². The third-order valence-corrected chi connectivity index (χ3v) is 2.14. The van der Waals surface area contributed by atoms with Crippen LogP contribution in [-0.4, -0.2) is 35.2 Å². The summed E-state index contributed by atoms with van der Waals surface area (Å²) in [7, 11) is 0. The van der Waals surface area contributed by atoms with Gasteiger partial charge in [-0.05, 0) is 27.2 Å². The zero-order valence-electron chi connectivity index (χ0n) is 9.66. The number of hydrogen-bond acceptors (Lipinski definition) is 3. The van der Waals surface area contributed by atoms with E-state index in [0.29, 0.717) is 6.42 Å². The molecule has 0 spiro atoms. The van der Waals surface area contributed by atoms with E-state index < -0.39 is 17.4 Å². The normalized spacial score (nSPS) is 14.7. The van der Waals surface area contributed by atoms with Crippen LogP contribution in [0.4, 0.5) is 0 Å². The summed E-state index contributed by atoms with van der Waals surface area (Å²) in [6.07, 6.45) is 0.281. The van der Waals surface area contributed by atoms with Gasteiger partial charge in [0.1, 0.15) is 12.1 Å². The van der Waals surface area contributed by atoms with Crippen molar-refractivity contribution in [2.24, 2.45) is 0 Å². The molecule has 0 aliphatic rings. The number of carboxylic acids is 1. The van der Waals surface area contributed by atoms with Crippen LogP contribution in [0.3, 0.4) is 0 Å².